The van der Waals surface area contributed by atoms with E-state index in [1.807, 2.05) is 0 Å². The van der Waals surface area contributed by atoms with Crippen LogP contribution in [0, 0.1) is 0 Å². The first-order valence-electron chi connectivity index (χ1n) is 4.04. The van der Waals surface area contributed by atoms with E-state index in [4.69, 9.17) is 20.1 Å². The number of aliphatic hydroxyl groups excluding tert-OH is 2. The summed E-state index contributed by atoms with van der Waals surface area (Å²) in [5.41, 5.74) is 0. The molecule has 0 saturated heterocycles. The summed E-state index contributed by atoms with van der Waals surface area (Å²) in [6.45, 7) is 3.12. The maximum Gasteiger partial charge on any atom is 0.352 e. The van der Waals surface area contributed by atoms with Gasteiger partial charge >= 0.3 is 11.9 Å². The second kappa shape index (κ2) is 15.8. The standard InChI is InChI=1S/C4H6O4.C2H4O2.C2H6O2/c1-3(5)7-8-4(2)6;1-2(3)4;3-1-2-4/h1-2H3;1H3,(H,3,4);3-4H,1-2H2. The van der Waals surface area contributed by atoms with Crippen LogP contribution in [0.2, 0.25) is 0 Å². The molecule has 0 aromatic rings. The number of hydrogen-bond donors (Lipinski definition) is 3. The van der Waals surface area contributed by atoms with E-state index in [9.17, 15) is 9.59 Å². The molecule has 0 spiro atoms. The van der Waals surface area contributed by atoms with Gasteiger partial charge in [-0.05, 0) is 0 Å². The first-order valence-corrected chi connectivity index (χ1v) is 4.04. The molecule has 0 rings (SSSR count). The number of hydrogen-bond acceptors (Lipinski definition) is 7. The molecule has 0 saturated carbocycles. The summed E-state index contributed by atoms with van der Waals surface area (Å²) in [4.78, 5) is 36.3. The highest BCUT2D eigenvalue weighted by Gasteiger charge is 1.95. The van der Waals surface area contributed by atoms with Crippen molar-refractivity contribution in [2.24, 2.45) is 0 Å². The predicted molar refractivity (Wildman–Crippen MR) is 51.0 cm³/mol. The van der Waals surface area contributed by atoms with Crippen molar-refractivity contribution in [2.75, 3.05) is 13.2 Å². The fourth-order valence-electron chi connectivity index (χ4n) is 0.117. The summed E-state index contributed by atoms with van der Waals surface area (Å²) in [6.07, 6.45) is 0. The lowest BCUT2D eigenvalue weighted by Gasteiger charge is -1.93. The number of rotatable bonds is 1. The first-order chi connectivity index (χ1) is 7.27. The molecule has 3 N–H and O–H groups in total. The Morgan fingerprint density at radius 3 is 1.12 bits per heavy atom. The first kappa shape index (κ1) is 19.8. The Hall–Kier alpha value is -1.67. The molecule has 0 unspecified atom stereocenters. The molecule has 0 radical (unpaired) electrons. The van der Waals surface area contributed by atoms with Crippen LogP contribution < -0.4 is 0 Å². The van der Waals surface area contributed by atoms with Gasteiger partial charge in [0.2, 0.25) is 0 Å². The highest BCUT2D eigenvalue weighted by molar-refractivity contribution is 5.69. The Morgan fingerprint density at radius 1 is 0.875 bits per heavy atom. The monoisotopic (exact) mass is 240 g/mol. The molecule has 0 aromatic carbocycles. The molecular formula is C8H16O8. The zero-order valence-corrected chi connectivity index (χ0v) is 9.30. The SMILES string of the molecule is CC(=O)O.CC(=O)OOC(C)=O.OCCO. The highest BCUT2D eigenvalue weighted by Crippen LogP contribution is 1.78. The van der Waals surface area contributed by atoms with E-state index in [2.05, 4.69) is 9.78 Å². The van der Waals surface area contributed by atoms with Crippen molar-refractivity contribution >= 4 is 17.9 Å². The minimum atomic E-state index is -0.833. The van der Waals surface area contributed by atoms with Crippen molar-refractivity contribution < 1.29 is 39.5 Å². The van der Waals surface area contributed by atoms with Gasteiger partial charge in [-0.3, -0.25) is 4.79 Å². The Balaban J connectivity index is -0.000000179. The van der Waals surface area contributed by atoms with Crippen LogP contribution in [0.15, 0.2) is 0 Å². The normalized spacial score (nSPS) is 7.31. The van der Waals surface area contributed by atoms with Gasteiger partial charge in [0.15, 0.2) is 0 Å². The van der Waals surface area contributed by atoms with E-state index in [0.717, 1.165) is 20.8 Å². The van der Waals surface area contributed by atoms with Gasteiger partial charge in [0, 0.05) is 20.8 Å². The maximum atomic E-state index is 9.85. The second-order valence-corrected chi connectivity index (χ2v) is 2.12. The average molecular weight is 240 g/mol. The van der Waals surface area contributed by atoms with Crippen molar-refractivity contribution in [2.45, 2.75) is 20.8 Å². The molecule has 0 heterocycles. The molecule has 0 aliphatic heterocycles. The van der Waals surface area contributed by atoms with Crippen LogP contribution in [0.25, 0.3) is 0 Å². The smallest absolute Gasteiger partial charge is 0.352 e. The number of carbonyl (C=O) groups is 3. The number of aliphatic hydroxyl groups is 2. The third-order valence-corrected chi connectivity index (χ3v) is 0.376. The van der Waals surface area contributed by atoms with Crippen LogP contribution in [-0.4, -0.2) is 46.4 Å². The van der Waals surface area contributed by atoms with Gasteiger partial charge in [-0.1, -0.05) is 0 Å². The van der Waals surface area contributed by atoms with Gasteiger partial charge in [-0.15, -0.1) is 0 Å². The molecule has 0 aliphatic carbocycles. The van der Waals surface area contributed by atoms with Gasteiger partial charge < -0.3 is 15.3 Å². The molecule has 8 heteroatoms. The number of carboxylic acid groups (broad SMARTS) is 1. The lowest BCUT2D eigenvalue weighted by atomic mass is 10.8. The van der Waals surface area contributed by atoms with Crippen LogP contribution in [0.5, 0.6) is 0 Å². The lowest BCUT2D eigenvalue weighted by Crippen LogP contribution is -2.03. The minimum absolute atomic E-state index is 0.125. The highest BCUT2D eigenvalue weighted by atomic mass is 17.2. The lowest BCUT2D eigenvalue weighted by molar-refractivity contribution is -0.255. The van der Waals surface area contributed by atoms with Crippen LogP contribution >= 0.6 is 0 Å². The molecule has 16 heavy (non-hydrogen) atoms. The minimum Gasteiger partial charge on any atom is -0.481 e. The van der Waals surface area contributed by atoms with E-state index in [1.54, 1.807) is 0 Å². The molecule has 0 aromatic heterocycles. The number of carboxylic acids is 1. The molecule has 0 atom stereocenters. The molecule has 96 valence electrons. The van der Waals surface area contributed by atoms with Crippen molar-refractivity contribution in [3.63, 3.8) is 0 Å². The Kier molecular flexibility index (Phi) is 19.6. The second-order valence-electron chi connectivity index (χ2n) is 2.12. The summed E-state index contributed by atoms with van der Waals surface area (Å²) in [5.74, 6) is -2.11. The molecule has 0 fully saturated rings. The van der Waals surface area contributed by atoms with Gasteiger partial charge in [-0.25, -0.2) is 19.4 Å². The summed E-state index contributed by atoms with van der Waals surface area (Å²) >= 11 is 0. The topological polar surface area (TPSA) is 130 Å². The number of carbonyl (C=O) groups excluding carboxylic acids is 2. The third-order valence-electron chi connectivity index (χ3n) is 0.376. The van der Waals surface area contributed by atoms with Gasteiger partial charge in [0.1, 0.15) is 0 Å². The molecule has 0 aliphatic rings. The van der Waals surface area contributed by atoms with Crippen LogP contribution in [-0.2, 0) is 24.2 Å². The third kappa shape index (κ3) is 84.4. The molecule has 0 amide bonds. The van der Waals surface area contributed by atoms with Gasteiger partial charge in [0.25, 0.3) is 5.97 Å². The largest absolute Gasteiger partial charge is 0.481 e. The number of aliphatic carboxylic acids is 1. The van der Waals surface area contributed by atoms with Gasteiger partial charge in [0.05, 0.1) is 13.2 Å². The zero-order valence-electron chi connectivity index (χ0n) is 9.30. The predicted octanol–water partition coefficient (Wildman–Crippen LogP) is -0.910. The van der Waals surface area contributed by atoms with E-state index >= 15 is 0 Å². The fraction of sp³-hybridized carbons (Fsp3) is 0.625. The summed E-state index contributed by atoms with van der Waals surface area (Å²) in [6, 6.07) is 0. The Morgan fingerprint density at radius 2 is 1.06 bits per heavy atom. The van der Waals surface area contributed by atoms with E-state index < -0.39 is 17.9 Å². The van der Waals surface area contributed by atoms with Crippen molar-refractivity contribution in [3.05, 3.63) is 0 Å². The summed E-state index contributed by atoms with van der Waals surface area (Å²) in [7, 11) is 0. The maximum absolute atomic E-state index is 9.85. The summed E-state index contributed by atoms with van der Waals surface area (Å²) in [5, 5.41) is 22.7. The van der Waals surface area contributed by atoms with E-state index in [0.29, 0.717) is 0 Å². The molecule has 0 bridgehead atoms. The van der Waals surface area contributed by atoms with E-state index in [-0.39, 0.29) is 13.2 Å². The van der Waals surface area contributed by atoms with Crippen LogP contribution in [0.1, 0.15) is 20.8 Å². The average Bonchev–Trinajstić information content (AvgIpc) is 2.14. The van der Waals surface area contributed by atoms with Crippen LogP contribution in [0.3, 0.4) is 0 Å². The van der Waals surface area contributed by atoms with E-state index in [1.165, 1.54) is 0 Å². The quantitative estimate of drug-likeness (QED) is 0.396. The molecule has 8 nitrogen and oxygen atoms in total. The van der Waals surface area contributed by atoms with Crippen molar-refractivity contribution in [1.82, 2.24) is 0 Å². The summed E-state index contributed by atoms with van der Waals surface area (Å²) < 4.78 is 0. The molecular weight excluding hydrogens is 224 g/mol. The Bertz CT molecular complexity index is 180. The van der Waals surface area contributed by atoms with Crippen molar-refractivity contribution in [1.29, 1.82) is 0 Å². The van der Waals surface area contributed by atoms with Crippen LogP contribution in [0.4, 0.5) is 0 Å². The van der Waals surface area contributed by atoms with Crippen molar-refractivity contribution in [3.8, 4) is 0 Å². The fourth-order valence-corrected chi connectivity index (χ4v) is 0.117. The zero-order chi connectivity index (χ0) is 13.6. The Labute approximate surface area is 92.3 Å². The van der Waals surface area contributed by atoms with Gasteiger partial charge in [-0.2, -0.15) is 0 Å².